The molecule has 0 aliphatic carbocycles. The molecule has 0 heterocycles. The van der Waals surface area contributed by atoms with Crippen LogP contribution in [0, 0.1) is 0 Å². The van der Waals surface area contributed by atoms with Crippen LogP contribution in [0.4, 0.5) is 13.2 Å². The lowest BCUT2D eigenvalue weighted by atomic mass is 10.1. The fraction of sp³-hybridized carbons (Fsp3) is 0.500. The summed E-state index contributed by atoms with van der Waals surface area (Å²) in [6.45, 7) is 2.16. The van der Waals surface area contributed by atoms with Gasteiger partial charge in [0, 0.05) is 9.50 Å². The Morgan fingerprint density at radius 3 is 2.56 bits per heavy atom. The number of hydrogen-bond donors (Lipinski definition) is 1. The third-order valence-corrected chi connectivity index (χ3v) is 3.32. The predicted octanol–water partition coefficient (Wildman–Crippen LogP) is 4.58. The van der Waals surface area contributed by atoms with Crippen molar-refractivity contribution >= 4 is 27.5 Å². The van der Waals surface area contributed by atoms with E-state index in [0.29, 0.717) is 23.6 Å². The SMILES string of the molecule is CCCNC(Cc1ccc(Br)cc1Cl)C(F)(F)F. The molecule has 1 N–H and O–H groups in total. The molecule has 1 aromatic carbocycles. The van der Waals surface area contributed by atoms with Gasteiger partial charge in [-0.1, -0.05) is 40.5 Å². The van der Waals surface area contributed by atoms with Crippen LogP contribution in [0.5, 0.6) is 0 Å². The third-order valence-electron chi connectivity index (χ3n) is 2.48. The minimum Gasteiger partial charge on any atom is -0.306 e. The number of nitrogens with one attached hydrogen (secondary N) is 1. The zero-order valence-electron chi connectivity index (χ0n) is 9.82. The van der Waals surface area contributed by atoms with Crippen molar-refractivity contribution in [2.45, 2.75) is 32.0 Å². The molecule has 0 aliphatic heterocycles. The molecule has 0 aromatic heterocycles. The Hall–Kier alpha value is -0.260. The van der Waals surface area contributed by atoms with Gasteiger partial charge in [0.05, 0.1) is 0 Å². The topological polar surface area (TPSA) is 12.0 Å². The number of halogens is 5. The van der Waals surface area contributed by atoms with Crippen molar-refractivity contribution in [1.29, 1.82) is 0 Å². The summed E-state index contributed by atoms with van der Waals surface area (Å²) in [5.74, 6) is 0. The summed E-state index contributed by atoms with van der Waals surface area (Å²) in [6.07, 6.45) is -3.78. The van der Waals surface area contributed by atoms with Crippen molar-refractivity contribution in [3.63, 3.8) is 0 Å². The first-order valence-electron chi connectivity index (χ1n) is 5.58. The fourth-order valence-electron chi connectivity index (χ4n) is 1.53. The van der Waals surface area contributed by atoms with Crippen LogP contribution in [0.3, 0.4) is 0 Å². The maximum absolute atomic E-state index is 12.8. The average molecular weight is 345 g/mol. The van der Waals surface area contributed by atoms with Gasteiger partial charge in [-0.15, -0.1) is 0 Å². The number of benzene rings is 1. The molecule has 1 atom stereocenters. The zero-order valence-corrected chi connectivity index (χ0v) is 12.2. The van der Waals surface area contributed by atoms with Crippen LogP contribution in [0.25, 0.3) is 0 Å². The molecular formula is C12H14BrClF3N. The van der Waals surface area contributed by atoms with E-state index in [4.69, 9.17) is 11.6 Å². The summed E-state index contributed by atoms with van der Waals surface area (Å²) in [5, 5.41) is 2.85. The molecule has 0 radical (unpaired) electrons. The molecule has 18 heavy (non-hydrogen) atoms. The van der Waals surface area contributed by atoms with E-state index in [-0.39, 0.29) is 6.42 Å². The second-order valence-corrected chi connectivity index (χ2v) is 5.31. The van der Waals surface area contributed by atoms with Crippen molar-refractivity contribution in [1.82, 2.24) is 5.32 Å². The number of alkyl halides is 3. The van der Waals surface area contributed by atoms with Crippen LogP contribution in [0.2, 0.25) is 5.02 Å². The van der Waals surface area contributed by atoms with Gasteiger partial charge in [-0.05, 0) is 37.1 Å². The quantitative estimate of drug-likeness (QED) is 0.824. The van der Waals surface area contributed by atoms with E-state index in [1.54, 1.807) is 18.2 Å². The van der Waals surface area contributed by atoms with Crippen LogP contribution in [-0.2, 0) is 6.42 Å². The van der Waals surface area contributed by atoms with Gasteiger partial charge in [0.2, 0.25) is 0 Å². The van der Waals surface area contributed by atoms with Crippen LogP contribution < -0.4 is 5.32 Å². The lowest BCUT2D eigenvalue weighted by Crippen LogP contribution is -2.44. The van der Waals surface area contributed by atoms with Gasteiger partial charge in [-0.2, -0.15) is 13.2 Å². The van der Waals surface area contributed by atoms with E-state index in [1.165, 1.54) is 0 Å². The monoisotopic (exact) mass is 343 g/mol. The summed E-state index contributed by atoms with van der Waals surface area (Å²) < 4.78 is 39.2. The maximum Gasteiger partial charge on any atom is 0.404 e. The van der Waals surface area contributed by atoms with E-state index in [1.807, 2.05) is 6.92 Å². The standard InChI is InChI=1S/C12H14BrClF3N/c1-2-5-18-11(12(15,16)17)6-8-3-4-9(13)7-10(8)14/h3-4,7,11,18H,2,5-6H2,1H3. The smallest absolute Gasteiger partial charge is 0.306 e. The minimum absolute atomic E-state index is 0.157. The Morgan fingerprint density at radius 1 is 1.39 bits per heavy atom. The third kappa shape index (κ3) is 4.78. The van der Waals surface area contributed by atoms with Gasteiger partial charge in [-0.25, -0.2) is 0 Å². The number of hydrogen-bond acceptors (Lipinski definition) is 1. The summed E-state index contributed by atoms with van der Waals surface area (Å²) in [7, 11) is 0. The van der Waals surface area contributed by atoms with E-state index in [0.717, 1.165) is 4.47 Å². The first-order chi connectivity index (χ1) is 8.34. The Balaban J connectivity index is 2.82. The van der Waals surface area contributed by atoms with Crippen LogP contribution in [0.15, 0.2) is 22.7 Å². The van der Waals surface area contributed by atoms with Crippen LogP contribution in [-0.4, -0.2) is 18.8 Å². The van der Waals surface area contributed by atoms with Crippen molar-refractivity contribution in [3.8, 4) is 0 Å². The lowest BCUT2D eigenvalue weighted by Gasteiger charge is -2.22. The first kappa shape index (κ1) is 15.8. The molecule has 0 saturated carbocycles. The van der Waals surface area contributed by atoms with Gasteiger partial charge in [0.25, 0.3) is 0 Å². The van der Waals surface area contributed by atoms with Gasteiger partial charge in [0.1, 0.15) is 6.04 Å². The molecule has 0 amide bonds. The highest BCUT2D eigenvalue weighted by molar-refractivity contribution is 9.10. The van der Waals surface area contributed by atoms with Crippen molar-refractivity contribution in [3.05, 3.63) is 33.3 Å². The maximum atomic E-state index is 12.8. The minimum atomic E-state index is -4.27. The van der Waals surface area contributed by atoms with Gasteiger partial charge >= 0.3 is 6.18 Å². The zero-order chi connectivity index (χ0) is 13.8. The van der Waals surface area contributed by atoms with E-state index in [9.17, 15) is 13.2 Å². The van der Waals surface area contributed by atoms with Crippen LogP contribution >= 0.6 is 27.5 Å². The molecular weight excluding hydrogens is 330 g/mol. The number of rotatable bonds is 5. The van der Waals surface area contributed by atoms with Crippen LogP contribution in [0.1, 0.15) is 18.9 Å². The highest BCUT2D eigenvalue weighted by atomic mass is 79.9. The van der Waals surface area contributed by atoms with E-state index in [2.05, 4.69) is 21.2 Å². The molecule has 0 aliphatic rings. The average Bonchev–Trinajstić information content (AvgIpc) is 2.25. The Labute approximate surface area is 118 Å². The predicted molar refractivity (Wildman–Crippen MR) is 71.0 cm³/mol. The lowest BCUT2D eigenvalue weighted by molar-refractivity contribution is -0.155. The second kappa shape index (κ2) is 6.78. The molecule has 0 bridgehead atoms. The Kier molecular flexibility index (Phi) is 5.95. The van der Waals surface area contributed by atoms with E-state index >= 15 is 0 Å². The van der Waals surface area contributed by atoms with Gasteiger partial charge < -0.3 is 5.32 Å². The summed E-state index contributed by atoms with van der Waals surface area (Å²) in [5.41, 5.74) is 0.491. The molecule has 1 aromatic rings. The molecule has 1 nitrogen and oxygen atoms in total. The summed E-state index contributed by atoms with van der Waals surface area (Å²) in [4.78, 5) is 0. The largest absolute Gasteiger partial charge is 0.404 e. The Bertz CT molecular complexity index is 395. The highest BCUT2D eigenvalue weighted by Gasteiger charge is 2.39. The normalized spacial score (nSPS) is 13.7. The molecule has 0 spiro atoms. The van der Waals surface area contributed by atoms with Gasteiger partial charge in [0.15, 0.2) is 0 Å². The van der Waals surface area contributed by atoms with Crippen molar-refractivity contribution < 1.29 is 13.2 Å². The molecule has 1 unspecified atom stereocenters. The molecule has 102 valence electrons. The fourth-order valence-corrected chi connectivity index (χ4v) is 2.28. The Morgan fingerprint density at radius 2 is 2.06 bits per heavy atom. The highest BCUT2D eigenvalue weighted by Crippen LogP contribution is 2.27. The van der Waals surface area contributed by atoms with Crippen molar-refractivity contribution in [2.24, 2.45) is 0 Å². The van der Waals surface area contributed by atoms with Gasteiger partial charge in [-0.3, -0.25) is 0 Å². The second-order valence-electron chi connectivity index (χ2n) is 3.99. The van der Waals surface area contributed by atoms with Crippen molar-refractivity contribution in [2.75, 3.05) is 6.54 Å². The molecule has 1 rings (SSSR count). The molecule has 6 heteroatoms. The summed E-state index contributed by atoms with van der Waals surface area (Å²) >= 11 is 9.15. The molecule has 0 saturated heterocycles. The van der Waals surface area contributed by atoms with E-state index < -0.39 is 12.2 Å². The first-order valence-corrected chi connectivity index (χ1v) is 6.75. The summed E-state index contributed by atoms with van der Waals surface area (Å²) in [6, 6.07) is 3.34. The molecule has 0 fully saturated rings.